The highest BCUT2D eigenvalue weighted by atomic mass is 16.6. The predicted molar refractivity (Wildman–Crippen MR) is 79.6 cm³/mol. The zero-order chi connectivity index (χ0) is 17.2. The van der Waals surface area contributed by atoms with Crippen LogP contribution in [0.2, 0.25) is 0 Å². The second-order valence-electron chi connectivity index (χ2n) is 4.24. The van der Waals surface area contributed by atoms with Crippen LogP contribution < -0.4 is 0 Å². The molecule has 0 saturated heterocycles. The first kappa shape index (κ1) is 18.0. The Morgan fingerprint density at radius 2 is 1.57 bits per heavy atom. The molecule has 0 fully saturated rings. The van der Waals surface area contributed by atoms with Gasteiger partial charge in [-0.1, -0.05) is 13.2 Å². The quantitative estimate of drug-likeness (QED) is 0.439. The van der Waals surface area contributed by atoms with E-state index in [0.29, 0.717) is 0 Å². The average Bonchev–Trinajstić information content (AvgIpc) is 2.56. The summed E-state index contributed by atoms with van der Waals surface area (Å²) in [7, 11) is 0. The standard InChI is InChI=1S/C16H16O7/c1-3-14(18)21-9-13(23-15(19)4-2)10-22-16(20)11-5-7-12(17)8-6-11/h3-8,13,17H,1-2,9-10H2. The number of benzene rings is 1. The summed E-state index contributed by atoms with van der Waals surface area (Å²) < 4.78 is 14.7. The van der Waals surface area contributed by atoms with Crippen LogP contribution in [-0.2, 0) is 23.8 Å². The number of hydrogen-bond donors (Lipinski definition) is 1. The van der Waals surface area contributed by atoms with Gasteiger partial charge in [-0.3, -0.25) is 0 Å². The maximum absolute atomic E-state index is 11.8. The van der Waals surface area contributed by atoms with E-state index in [4.69, 9.17) is 19.3 Å². The van der Waals surface area contributed by atoms with Crippen LogP contribution in [0.25, 0.3) is 0 Å². The molecule has 0 aliphatic rings. The SMILES string of the molecule is C=CC(=O)OCC(COC(=O)c1ccc(O)cc1)OC(=O)C=C. The molecule has 0 aromatic heterocycles. The largest absolute Gasteiger partial charge is 0.508 e. The number of phenols is 1. The molecule has 0 spiro atoms. The third kappa shape index (κ3) is 6.47. The lowest BCUT2D eigenvalue weighted by molar-refractivity contribution is -0.155. The molecule has 7 heteroatoms. The first-order chi connectivity index (χ1) is 11.0. The summed E-state index contributed by atoms with van der Waals surface area (Å²) in [5.74, 6) is -2.12. The molecule has 1 aromatic rings. The van der Waals surface area contributed by atoms with Crippen molar-refractivity contribution in [1.29, 1.82) is 0 Å². The minimum Gasteiger partial charge on any atom is -0.508 e. The minimum absolute atomic E-state index is 0.00989. The van der Waals surface area contributed by atoms with Crippen molar-refractivity contribution in [1.82, 2.24) is 0 Å². The van der Waals surface area contributed by atoms with Crippen LogP contribution in [-0.4, -0.2) is 42.3 Å². The Balaban J connectivity index is 2.60. The van der Waals surface area contributed by atoms with Crippen molar-refractivity contribution in [2.45, 2.75) is 6.10 Å². The van der Waals surface area contributed by atoms with Gasteiger partial charge >= 0.3 is 17.9 Å². The van der Waals surface area contributed by atoms with Crippen LogP contribution in [0, 0.1) is 0 Å². The molecule has 0 heterocycles. The number of aromatic hydroxyl groups is 1. The fourth-order valence-electron chi connectivity index (χ4n) is 1.41. The van der Waals surface area contributed by atoms with Crippen LogP contribution in [0.5, 0.6) is 5.75 Å². The molecule has 1 atom stereocenters. The van der Waals surface area contributed by atoms with E-state index in [1.165, 1.54) is 24.3 Å². The molecule has 122 valence electrons. The first-order valence-corrected chi connectivity index (χ1v) is 6.54. The monoisotopic (exact) mass is 320 g/mol. The van der Waals surface area contributed by atoms with Gasteiger partial charge in [0.1, 0.15) is 19.0 Å². The topological polar surface area (TPSA) is 99.1 Å². The van der Waals surface area contributed by atoms with Crippen LogP contribution in [0.4, 0.5) is 0 Å². The van der Waals surface area contributed by atoms with E-state index in [9.17, 15) is 14.4 Å². The molecule has 1 aromatic carbocycles. The van der Waals surface area contributed by atoms with Gasteiger partial charge in [-0.2, -0.15) is 0 Å². The Morgan fingerprint density at radius 1 is 1.00 bits per heavy atom. The van der Waals surface area contributed by atoms with Crippen molar-refractivity contribution >= 4 is 17.9 Å². The Kier molecular flexibility index (Phi) is 7.06. The second kappa shape index (κ2) is 9.04. The number of phenolic OH excluding ortho intramolecular Hbond substituents is 1. The maximum Gasteiger partial charge on any atom is 0.338 e. The van der Waals surface area contributed by atoms with Gasteiger partial charge in [0, 0.05) is 12.2 Å². The van der Waals surface area contributed by atoms with Crippen molar-refractivity contribution in [2.24, 2.45) is 0 Å². The molecule has 1 rings (SSSR count). The number of rotatable bonds is 8. The third-order valence-electron chi connectivity index (χ3n) is 2.53. The lowest BCUT2D eigenvalue weighted by Crippen LogP contribution is -2.30. The number of esters is 3. The van der Waals surface area contributed by atoms with Crippen LogP contribution >= 0.6 is 0 Å². The molecule has 0 bridgehead atoms. The first-order valence-electron chi connectivity index (χ1n) is 6.54. The minimum atomic E-state index is -0.981. The van der Waals surface area contributed by atoms with Gasteiger partial charge in [0.25, 0.3) is 0 Å². The van der Waals surface area contributed by atoms with E-state index < -0.39 is 24.0 Å². The Bertz CT molecular complexity index is 589. The van der Waals surface area contributed by atoms with Gasteiger partial charge in [-0.15, -0.1) is 0 Å². The summed E-state index contributed by atoms with van der Waals surface area (Å²) in [6, 6.07) is 5.41. The smallest absolute Gasteiger partial charge is 0.338 e. The van der Waals surface area contributed by atoms with Gasteiger partial charge in [0.15, 0.2) is 6.10 Å². The van der Waals surface area contributed by atoms with E-state index in [0.717, 1.165) is 12.2 Å². The number of carbonyl (C=O) groups is 3. The average molecular weight is 320 g/mol. The van der Waals surface area contributed by atoms with Crippen molar-refractivity contribution < 1.29 is 33.7 Å². The molecular formula is C16H16O7. The van der Waals surface area contributed by atoms with E-state index in [2.05, 4.69) is 13.2 Å². The van der Waals surface area contributed by atoms with Crippen LogP contribution in [0.3, 0.4) is 0 Å². The maximum atomic E-state index is 11.8. The summed E-state index contributed by atoms with van der Waals surface area (Å²) in [6.07, 6.45) is 0.907. The Hall–Kier alpha value is -3.09. The molecule has 7 nitrogen and oxygen atoms in total. The molecule has 1 unspecified atom stereocenters. The Labute approximate surface area is 132 Å². The third-order valence-corrected chi connectivity index (χ3v) is 2.53. The number of hydrogen-bond acceptors (Lipinski definition) is 7. The number of ether oxygens (including phenoxy) is 3. The lowest BCUT2D eigenvalue weighted by Gasteiger charge is -2.16. The lowest BCUT2D eigenvalue weighted by atomic mass is 10.2. The van der Waals surface area contributed by atoms with Crippen molar-refractivity contribution in [2.75, 3.05) is 13.2 Å². The molecule has 1 N–H and O–H groups in total. The molecule has 0 aliphatic carbocycles. The van der Waals surface area contributed by atoms with Gasteiger partial charge < -0.3 is 19.3 Å². The van der Waals surface area contributed by atoms with Gasteiger partial charge in [-0.25, -0.2) is 14.4 Å². The molecule has 0 saturated carbocycles. The van der Waals surface area contributed by atoms with E-state index in [1.54, 1.807) is 0 Å². The van der Waals surface area contributed by atoms with Crippen LogP contribution in [0.1, 0.15) is 10.4 Å². The van der Waals surface area contributed by atoms with Crippen molar-refractivity contribution in [3.05, 3.63) is 55.1 Å². The van der Waals surface area contributed by atoms with E-state index in [-0.39, 0.29) is 24.5 Å². The fourth-order valence-corrected chi connectivity index (χ4v) is 1.41. The normalized spacial score (nSPS) is 11.0. The highest BCUT2D eigenvalue weighted by molar-refractivity contribution is 5.89. The Morgan fingerprint density at radius 3 is 2.13 bits per heavy atom. The summed E-state index contributed by atoms with van der Waals surface area (Å²) in [5.41, 5.74) is 0.208. The van der Waals surface area contributed by atoms with Crippen molar-refractivity contribution in [3.8, 4) is 5.75 Å². The molecule has 23 heavy (non-hydrogen) atoms. The van der Waals surface area contributed by atoms with Gasteiger partial charge in [-0.05, 0) is 24.3 Å². The molecule has 0 amide bonds. The zero-order valence-electron chi connectivity index (χ0n) is 12.3. The van der Waals surface area contributed by atoms with Gasteiger partial charge in [0.05, 0.1) is 5.56 Å². The van der Waals surface area contributed by atoms with Crippen molar-refractivity contribution in [3.63, 3.8) is 0 Å². The summed E-state index contributed by atoms with van der Waals surface area (Å²) >= 11 is 0. The second-order valence-corrected chi connectivity index (χ2v) is 4.24. The molecular weight excluding hydrogens is 304 g/mol. The molecule has 0 radical (unpaired) electrons. The summed E-state index contributed by atoms with van der Waals surface area (Å²) in [4.78, 5) is 34.1. The zero-order valence-corrected chi connectivity index (χ0v) is 12.3. The van der Waals surface area contributed by atoms with Gasteiger partial charge in [0.2, 0.25) is 0 Å². The highest BCUT2D eigenvalue weighted by Crippen LogP contribution is 2.11. The van der Waals surface area contributed by atoms with E-state index >= 15 is 0 Å². The predicted octanol–water partition coefficient (Wildman–Crippen LogP) is 1.38. The summed E-state index contributed by atoms with van der Waals surface area (Å²) in [5, 5.41) is 9.15. The highest BCUT2D eigenvalue weighted by Gasteiger charge is 2.18. The number of carbonyl (C=O) groups excluding carboxylic acids is 3. The van der Waals surface area contributed by atoms with E-state index in [1.807, 2.05) is 0 Å². The fraction of sp³-hybridized carbons (Fsp3) is 0.188. The molecule has 0 aliphatic heterocycles. The van der Waals surface area contributed by atoms with Crippen LogP contribution in [0.15, 0.2) is 49.6 Å². The summed E-state index contributed by atoms with van der Waals surface area (Å²) in [6.45, 7) is 5.86.